The summed E-state index contributed by atoms with van der Waals surface area (Å²) in [6, 6.07) is 0. The molecule has 72 valence electrons. The van der Waals surface area contributed by atoms with E-state index >= 15 is 0 Å². The van der Waals surface area contributed by atoms with Gasteiger partial charge in [0, 0.05) is 19.1 Å². The molecule has 0 spiro atoms. The zero-order valence-corrected chi connectivity index (χ0v) is 8.22. The highest BCUT2D eigenvalue weighted by Crippen LogP contribution is 2.15. The van der Waals surface area contributed by atoms with Crippen molar-refractivity contribution in [2.45, 2.75) is 19.4 Å². The first-order valence-corrected chi connectivity index (χ1v) is 4.94. The third-order valence-corrected chi connectivity index (χ3v) is 2.65. The smallest absolute Gasteiger partial charge is 0.194 e. The van der Waals surface area contributed by atoms with Gasteiger partial charge in [0.25, 0.3) is 0 Å². The summed E-state index contributed by atoms with van der Waals surface area (Å²) >= 11 is 5.06. The molecule has 1 N–H and O–H groups in total. The zero-order chi connectivity index (χ0) is 9.10. The molecule has 1 aliphatic heterocycles. The van der Waals surface area contributed by atoms with Crippen LogP contribution in [0.5, 0.6) is 0 Å². The molecule has 0 radical (unpaired) electrons. The Bertz CT molecular complexity index is 313. The van der Waals surface area contributed by atoms with Crippen LogP contribution < -0.4 is 0 Å². The molecule has 1 aliphatic rings. The van der Waals surface area contributed by atoms with Crippen LogP contribution in [0.2, 0.25) is 0 Å². The first-order chi connectivity index (χ1) is 6.36. The molecule has 13 heavy (non-hydrogen) atoms. The molecule has 5 heteroatoms. The highest BCUT2D eigenvalue weighted by atomic mass is 32.1. The van der Waals surface area contributed by atoms with Gasteiger partial charge in [-0.25, -0.2) is 0 Å². The summed E-state index contributed by atoms with van der Waals surface area (Å²) in [4.78, 5) is 0. The van der Waals surface area contributed by atoms with Crippen molar-refractivity contribution in [3.63, 3.8) is 0 Å². The Hall–Kier alpha value is -0.680. The number of H-pyrrole nitrogens is 1. The first-order valence-electron chi connectivity index (χ1n) is 4.54. The van der Waals surface area contributed by atoms with E-state index in [2.05, 4.69) is 10.2 Å². The van der Waals surface area contributed by atoms with E-state index in [1.54, 1.807) is 6.33 Å². The van der Waals surface area contributed by atoms with Crippen LogP contribution in [0, 0.1) is 10.7 Å². The maximum atomic E-state index is 5.39. The normalized spacial score (nSPS) is 23.2. The van der Waals surface area contributed by atoms with Gasteiger partial charge in [0.1, 0.15) is 6.33 Å². The Labute approximate surface area is 81.9 Å². The molecule has 1 fully saturated rings. The Kier molecular flexibility index (Phi) is 2.75. The molecule has 0 saturated carbocycles. The van der Waals surface area contributed by atoms with Crippen LogP contribution in [0.4, 0.5) is 0 Å². The average molecular weight is 199 g/mol. The van der Waals surface area contributed by atoms with Gasteiger partial charge in [0.05, 0.1) is 6.61 Å². The third kappa shape index (κ3) is 2.16. The van der Waals surface area contributed by atoms with Crippen LogP contribution in [-0.2, 0) is 11.3 Å². The number of aromatic nitrogens is 3. The van der Waals surface area contributed by atoms with Crippen molar-refractivity contribution in [3.8, 4) is 0 Å². The summed E-state index contributed by atoms with van der Waals surface area (Å²) < 4.78 is 8.06. The van der Waals surface area contributed by atoms with Crippen LogP contribution in [0.25, 0.3) is 0 Å². The van der Waals surface area contributed by atoms with Crippen LogP contribution in [0.15, 0.2) is 6.33 Å². The van der Waals surface area contributed by atoms with Gasteiger partial charge in [-0.3, -0.25) is 5.10 Å². The minimum Gasteiger partial charge on any atom is -0.381 e. The minimum absolute atomic E-state index is 0.595. The minimum atomic E-state index is 0.595. The molecule has 0 aromatic carbocycles. The van der Waals surface area contributed by atoms with E-state index in [1.807, 2.05) is 4.57 Å². The molecule has 0 amide bonds. The number of ether oxygens (including phenoxy) is 1. The summed E-state index contributed by atoms with van der Waals surface area (Å²) in [5.74, 6) is 0.595. The molecule has 0 aliphatic carbocycles. The van der Waals surface area contributed by atoms with Crippen molar-refractivity contribution in [2.75, 3.05) is 13.2 Å². The number of rotatable bonds is 2. The van der Waals surface area contributed by atoms with E-state index in [0.717, 1.165) is 26.2 Å². The highest BCUT2D eigenvalue weighted by molar-refractivity contribution is 7.71. The summed E-state index contributed by atoms with van der Waals surface area (Å²) in [5, 5.41) is 6.63. The number of nitrogens with zero attached hydrogens (tertiary/aromatic N) is 2. The van der Waals surface area contributed by atoms with Crippen LogP contribution in [-0.4, -0.2) is 28.0 Å². The molecule has 2 heterocycles. The molecular weight excluding hydrogens is 186 g/mol. The summed E-state index contributed by atoms with van der Waals surface area (Å²) in [7, 11) is 0. The lowest BCUT2D eigenvalue weighted by atomic mass is 10.0. The predicted octanol–water partition coefficient (Wildman–Crippen LogP) is 1.37. The average Bonchev–Trinajstić information content (AvgIpc) is 2.54. The number of nitrogens with one attached hydrogen (secondary N) is 1. The van der Waals surface area contributed by atoms with Crippen molar-refractivity contribution < 1.29 is 4.74 Å². The topological polar surface area (TPSA) is 42.8 Å². The second-order valence-electron chi connectivity index (χ2n) is 3.40. The Morgan fingerprint density at radius 3 is 3.31 bits per heavy atom. The lowest BCUT2D eigenvalue weighted by Gasteiger charge is -2.21. The standard InChI is InChI=1S/C8H13N3OS/c13-8-10-9-6-11(8)4-7-2-1-3-12-5-7/h6-7H,1-5H2,(H,10,13). The van der Waals surface area contributed by atoms with Crippen molar-refractivity contribution in [2.24, 2.45) is 5.92 Å². The number of hydrogen-bond donors (Lipinski definition) is 1. The maximum absolute atomic E-state index is 5.39. The molecule has 4 nitrogen and oxygen atoms in total. The van der Waals surface area contributed by atoms with Crippen LogP contribution in [0.3, 0.4) is 0 Å². The Balaban J connectivity index is 1.97. The highest BCUT2D eigenvalue weighted by Gasteiger charge is 2.14. The van der Waals surface area contributed by atoms with Crippen molar-refractivity contribution >= 4 is 12.2 Å². The van der Waals surface area contributed by atoms with Gasteiger partial charge in [-0.05, 0) is 25.1 Å². The summed E-state index contributed by atoms with van der Waals surface area (Å²) in [6.45, 7) is 2.69. The number of aromatic amines is 1. The predicted molar refractivity (Wildman–Crippen MR) is 51.0 cm³/mol. The fourth-order valence-corrected chi connectivity index (χ4v) is 1.80. The van der Waals surface area contributed by atoms with Crippen molar-refractivity contribution in [1.29, 1.82) is 0 Å². The molecule has 1 atom stereocenters. The van der Waals surface area contributed by atoms with E-state index in [4.69, 9.17) is 17.0 Å². The Morgan fingerprint density at radius 1 is 1.77 bits per heavy atom. The second kappa shape index (κ2) is 4.02. The second-order valence-corrected chi connectivity index (χ2v) is 3.78. The molecule has 1 aromatic rings. The molecule has 1 unspecified atom stereocenters. The molecule has 1 aromatic heterocycles. The van der Waals surface area contributed by atoms with Gasteiger partial charge >= 0.3 is 0 Å². The first kappa shape index (κ1) is 8.90. The van der Waals surface area contributed by atoms with Gasteiger partial charge in [-0.15, -0.1) is 0 Å². The maximum Gasteiger partial charge on any atom is 0.194 e. The van der Waals surface area contributed by atoms with Crippen molar-refractivity contribution in [3.05, 3.63) is 11.1 Å². The fraction of sp³-hybridized carbons (Fsp3) is 0.750. The summed E-state index contributed by atoms with van der Waals surface area (Å²) in [5.41, 5.74) is 0. The monoisotopic (exact) mass is 199 g/mol. The fourth-order valence-electron chi connectivity index (χ4n) is 1.63. The lowest BCUT2D eigenvalue weighted by Crippen LogP contribution is -2.21. The van der Waals surface area contributed by atoms with E-state index < -0.39 is 0 Å². The van der Waals surface area contributed by atoms with E-state index in [9.17, 15) is 0 Å². The largest absolute Gasteiger partial charge is 0.381 e. The van der Waals surface area contributed by atoms with Gasteiger partial charge in [0.15, 0.2) is 4.77 Å². The molecule has 2 rings (SSSR count). The van der Waals surface area contributed by atoms with E-state index in [1.165, 1.54) is 6.42 Å². The zero-order valence-electron chi connectivity index (χ0n) is 7.40. The van der Waals surface area contributed by atoms with Gasteiger partial charge in [-0.1, -0.05) is 0 Å². The molecule has 0 bridgehead atoms. The van der Waals surface area contributed by atoms with E-state index in [-0.39, 0.29) is 0 Å². The SMILES string of the molecule is S=c1[nH]ncn1CC1CCCOC1. The molecular formula is C8H13N3OS. The van der Waals surface area contributed by atoms with Crippen molar-refractivity contribution in [1.82, 2.24) is 14.8 Å². The molecule has 1 saturated heterocycles. The van der Waals surface area contributed by atoms with E-state index in [0.29, 0.717) is 10.7 Å². The van der Waals surface area contributed by atoms with Crippen LogP contribution in [0.1, 0.15) is 12.8 Å². The quantitative estimate of drug-likeness (QED) is 0.731. The van der Waals surface area contributed by atoms with Gasteiger partial charge in [0.2, 0.25) is 0 Å². The lowest BCUT2D eigenvalue weighted by molar-refractivity contribution is 0.0482. The van der Waals surface area contributed by atoms with Gasteiger partial charge < -0.3 is 9.30 Å². The Morgan fingerprint density at radius 2 is 2.69 bits per heavy atom. The number of hydrogen-bond acceptors (Lipinski definition) is 3. The van der Waals surface area contributed by atoms with Gasteiger partial charge in [-0.2, -0.15) is 5.10 Å². The van der Waals surface area contributed by atoms with Crippen LogP contribution >= 0.6 is 12.2 Å². The third-order valence-electron chi connectivity index (χ3n) is 2.33. The summed E-state index contributed by atoms with van der Waals surface area (Å²) in [6.07, 6.45) is 4.14.